The van der Waals surface area contributed by atoms with Crippen molar-refractivity contribution in [1.29, 1.82) is 0 Å². The van der Waals surface area contributed by atoms with Gasteiger partial charge in [0.1, 0.15) is 11.9 Å². The van der Waals surface area contributed by atoms with Gasteiger partial charge in [-0.05, 0) is 17.7 Å². The first kappa shape index (κ1) is 11.6. The maximum absolute atomic E-state index is 13.5. The van der Waals surface area contributed by atoms with Crippen molar-refractivity contribution in [2.45, 2.75) is 12.2 Å². The van der Waals surface area contributed by atoms with Crippen LogP contribution in [0.25, 0.3) is 0 Å². The Hall–Kier alpha value is -1.49. The third-order valence-corrected chi connectivity index (χ3v) is 1.98. The minimum Gasteiger partial charge on any atom is -0.468 e. The standard InChI is InChI=1S/C10H11F2NO2/c1-15-10(14)9(13)8(12)6-2-4-7(11)5-3-6/h2-5,8-9H,13H2,1H3. The molecule has 0 heterocycles. The summed E-state index contributed by atoms with van der Waals surface area (Å²) in [6.07, 6.45) is -1.70. The van der Waals surface area contributed by atoms with E-state index in [9.17, 15) is 13.6 Å². The molecule has 1 aromatic carbocycles. The summed E-state index contributed by atoms with van der Waals surface area (Å²) in [4.78, 5) is 10.9. The molecule has 0 aliphatic carbocycles. The molecule has 0 bridgehead atoms. The van der Waals surface area contributed by atoms with Gasteiger partial charge in [-0.15, -0.1) is 0 Å². The van der Waals surface area contributed by atoms with Crippen LogP contribution in [0.2, 0.25) is 0 Å². The highest BCUT2D eigenvalue weighted by atomic mass is 19.1. The lowest BCUT2D eigenvalue weighted by molar-refractivity contribution is -0.143. The molecule has 5 heteroatoms. The third kappa shape index (κ3) is 2.73. The number of halogens is 2. The Balaban J connectivity index is 2.80. The number of carbonyl (C=O) groups is 1. The van der Waals surface area contributed by atoms with Crippen LogP contribution in [-0.4, -0.2) is 19.1 Å². The van der Waals surface area contributed by atoms with Gasteiger partial charge in [0.05, 0.1) is 7.11 Å². The molecule has 1 aromatic rings. The van der Waals surface area contributed by atoms with Crippen molar-refractivity contribution < 1.29 is 18.3 Å². The number of carbonyl (C=O) groups excluding carboxylic acids is 1. The van der Waals surface area contributed by atoms with Crippen LogP contribution in [0.15, 0.2) is 24.3 Å². The number of hydrogen-bond donors (Lipinski definition) is 1. The zero-order valence-electron chi connectivity index (χ0n) is 8.11. The predicted molar refractivity (Wildman–Crippen MR) is 50.2 cm³/mol. The van der Waals surface area contributed by atoms with E-state index in [1.807, 2.05) is 0 Å². The average Bonchev–Trinajstić information content (AvgIpc) is 2.27. The van der Waals surface area contributed by atoms with E-state index in [0.717, 1.165) is 19.2 Å². The third-order valence-electron chi connectivity index (χ3n) is 1.98. The average molecular weight is 215 g/mol. The van der Waals surface area contributed by atoms with E-state index in [0.29, 0.717) is 0 Å². The molecule has 2 N–H and O–H groups in total. The Labute approximate surface area is 85.8 Å². The first-order valence-electron chi connectivity index (χ1n) is 4.29. The number of ether oxygens (including phenoxy) is 1. The molecule has 0 saturated carbocycles. The molecule has 3 nitrogen and oxygen atoms in total. The molecule has 0 amide bonds. The van der Waals surface area contributed by atoms with E-state index in [2.05, 4.69) is 4.74 Å². The molecule has 0 aliphatic rings. The number of benzene rings is 1. The van der Waals surface area contributed by atoms with Crippen LogP contribution in [0, 0.1) is 5.82 Å². The summed E-state index contributed by atoms with van der Waals surface area (Å²) in [6, 6.07) is 3.30. The second-order valence-electron chi connectivity index (χ2n) is 3.00. The lowest BCUT2D eigenvalue weighted by atomic mass is 10.0. The van der Waals surface area contributed by atoms with Crippen molar-refractivity contribution in [3.05, 3.63) is 35.6 Å². The summed E-state index contributed by atoms with van der Waals surface area (Å²) in [6.45, 7) is 0. The second kappa shape index (κ2) is 4.84. The summed E-state index contributed by atoms with van der Waals surface area (Å²) < 4.78 is 30.4. The molecule has 0 spiro atoms. The smallest absolute Gasteiger partial charge is 0.326 e. The van der Waals surface area contributed by atoms with Gasteiger partial charge < -0.3 is 10.5 Å². The normalized spacial score (nSPS) is 14.4. The summed E-state index contributed by atoms with van der Waals surface area (Å²) >= 11 is 0. The molecule has 0 aromatic heterocycles. The first-order chi connectivity index (χ1) is 7.06. The minimum absolute atomic E-state index is 0.148. The highest BCUT2D eigenvalue weighted by Crippen LogP contribution is 2.21. The summed E-state index contributed by atoms with van der Waals surface area (Å²) in [5.74, 6) is -1.32. The fourth-order valence-corrected chi connectivity index (χ4v) is 1.11. The number of alkyl halides is 1. The Kier molecular flexibility index (Phi) is 3.74. The number of rotatable bonds is 3. The molecule has 0 radical (unpaired) electrons. The van der Waals surface area contributed by atoms with E-state index in [-0.39, 0.29) is 5.56 Å². The van der Waals surface area contributed by atoms with Crippen molar-refractivity contribution in [3.8, 4) is 0 Å². The molecule has 0 saturated heterocycles. The predicted octanol–water partition coefficient (Wildman–Crippen LogP) is 1.34. The van der Waals surface area contributed by atoms with Crippen molar-refractivity contribution in [3.63, 3.8) is 0 Å². The topological polar surface area (TPSA) is 52.3 Å². The van der Waals surface area contributed by atoms with E-state index in [1.54, 1.807) is 0 Å². The Morgan fingerprint density at radius 3 is 2.40 bits per heavy atom. The van der Waals surface area contributed by atoms with Crippen LogP contribution in [-0.2, 0) is 9.53 Å². The van der Waals surface area contributed by atoms with Gasteiger partial charge in [0.15, 0.2) is 6.17 Å². The lowest BCUT2D eigenvalue weighted by Crippen LogP contribution is -2.35. The van der Waals surface area contributed by atoms with E-state index in [4.69, 9.17) is 5.73 Å². The molecular weight excluding hydrogens is 204 g/mol. The zero-order valence-corrected chi connectivity index (χ0v) is 8.11. The van der Waals surface area contributed by atoms with Crippen molar-refractivity contribution in [1.82, 2.24) is 0 Å². The summed E-state index contributed by atoms with van der Waals surface area (Å²) in [5, 5.41) is 0. The molecular formula is C10H11F2NO2. The molecule has 1 rings (SSSR count). The Morgan fingerprint density at radius 1 is 1.40 bits per heavy atom. The maximum atomic E-state index is 13.5. The largest absolute Gasteiger partial charge is 0.468 e. The van der Waals surface area contributed by atoms with Crippen LogP contribution >= 0.6 is 0 Å². The van der Waals surface area contributed by atoms with Gasteiger partial charge in [0.2, 0.25) is 0 Å². The van der Waals surface area contributed by atoms with Crippen LogP contribution in [0.5, 0.6) is 0 Å². The minimum atomic E-state index is -1.70. The molecule has 15 heavy (non-hydrogen) atoms. The van der Waals surface area contributed by atoms with Gasteiger partial charge in [-0.25, -0.2) is 8.78 Å². The molecule has 2 unspecified atom stereocenters. The SMILES string of the molecule is COC(=O)C(N)C(F)c1ccc(F)cc1. The zero-order chi connectivity index (χ0) is 11.4. The number of nitrogens with two attached hydrogens (primary N) is 1. The van der Waals surface area contributed by atoms with Crippen LogP contribution in [0.3, 0.4) is 0 Å². The van der Waals surface area contributed by atoms with Crippen LogP contribution in [0.1, 0.15) is 11.7 Å². The number of methoxy groups -OCH3 is 1. The maximum Gasteiger partial charge on any atom is 0.326 e. The fourth-order valence-electron chi connectivity index (χ4n) is 1.11. The Morgan fingerprint density at radius 2 is 1.93 bits per heavy atom. The monoisotopic (exact) mass is 215 g/mol. The van der Waals surface area contributed by atoms with Gasteiger partial charge in [-0.2, -0.15) is 0 Å². The Bertz CT molecular complexity index is 340. The van der Waals surface area contributed by atoms with Crippen LogP contribution < -0.4 is 5.73 Å². The second-order valence-corrected chi connectivity index (χ2v) is 3.00. The van der Waals surface area contributed by atoms with Gasteiger partial charge >= 0.3 is 5.97 Å². The van der Waals surface area contributed by atoms with Crippen molar-refractivity contribution >= 4 is 5.97 Å². The molecule has 2 atom stereocenters. The van der Waals surface area contributed by atoms with E-state index < -0.39 is 24.0 Å². The molecule has 0 aliphatic heterocycles. The van der Waals surface area contributed by atoms with Gasteiger partial charge in [-0.3, -0.25) is 4.79 Å². The van der Waals surface area contributed by atoms with Crippen molar-refractivity contribution in [2.75, 3.05) is 7.11 Å². The number of esters is 1. The fraction of sp³-hybridized carbons (Fsp3) is 0.300. The molecule has 0 fully saturated rings. The summed E-state index contributed by atoms with van der Waals surface area (Å²) in [7, 11) is 1.12. The lowest BCUT2D eigenvalue weighted by Gasteiger charge is -2.14. The summed E-state index contributed by atoms with van der Waals surface area (Å²) in [5.41, 5.74) is 5.45. The van der Waals surface area contributed by atoms with Crippen LogP contribution in [0.4, 0.5) is 8.78 Å². The van der Waals surface area contributed by atoms with Crippen molar-refractivity contribution in [2.24, 2.45) is 5.73 Å². The molecule has 82 valence electrons. The van der Waals surface area contributed by atoms with Gasteiger partial charge in [0.25, 0.3) is 0 Å². The van der Waals surface area contributed by atoms with E-state index in [1.165, 1.54) is 12.1 Å². The highest BCUT2D eigenvalue weighted by molar-refractivity contribution is 5.76. The highest BCUT2D eigenvalue weighted by Gasteiger charge is 2.26. The quantitative estimate of drug-likeness (QED) is 0.774. The number of hydrogen-bond acceptors (Lipinski definition) is 3. The van der Waals surface area contributed by atoms with Gasteiger partial charge in [0, 0.05) is 0 Å². The first-order valence-corrected chi connectivity index (χ1v) is 4.29. The van der Waals surface area contributed by atoms with E-state index >= 15 is 0 Å². The van der Waals surface area contributed by atoms with Gasteiger partial charge in [-0.1, -0.05) is 12.1 Å².